The van der Waals surface area contributed by atoms with Gasteiger partial charge in [0, 0.05) is 31.7 Å². The van der Waals surface area contributed by atoms with Crippen molar-refractivity contribution in [1.29, 1.82) is 0 Å². The van der Waals surface area contributed by atoms with Gasteiger partial charge in [-0.05, 0) is 38.2 Å². The van der Waals surface area contributed by atoms with Crippen molar-refractivity contribution in [2.45, 2.75) is 19.0 Å². The molecule has 0 radical (unpaired) electrons. The van der Waals surface area contributed by atoms with Crippen molar-refractivity contribution in [1.82, 2.24) is 15.5 Å². The van der Waals surface area contributed by atoms with E-state index in [9.17, 15) is 4.39 Å². The van der Waals surface area contributed by atoms with Gasteiger partial charge in [-0.1, -0.05) is 12.1 Å². The number of likely N-dealkylation sites (N-methyl/N-ethyl adjacent to an activating group) is 2. The predicted molar refractivity (Wildman–Crippen MR) is 72.2 cm³/mol. The van der Waals surface area contributed by atoms with E-state index in [4.69, 9.17) is 0 Å². The lowest BCUT2D eigenvalue weighted by Crippen LogP contribution is -2.54. The van der Waals surface area contributed by atoms with E-state index < -0.39 is 0 Å². The number of nitrogens with one attached hydrogen (secondary N) is 2. The van der Waals surface area contributed by atoms with E-state index in [-0.39, 0.29) is 11.9 Å². The highest BCUT2D eigenvalue weighted by molar-refractivity contribution is 5.27. The molecule has 3 nitrogen and oxygen atoms in total. The van der Waals surface area contributed by atoms with Crippen LogP contribution in [0.1, 0.15) is 17.2 Å². The Balaban J connectivity index is 2.23. The Morgan fingerprint density at radius 1 is 1.50 bits per heavy atom. The van der Waals surface area contributed by atoms with Crippen molar-refractivity contribution in [3.63, 3.8) is 0 Å². The number of hydrogen-bond donors (Lipinski definition) is 2. The third-order valence-electron chi connectivity index (χ3n) is 3.80. The normalized spacial score (nSPS) is 23.0. The van der Waals surface area contributed by atoms with Gasteiger partial charge in [-0.15, -0.1) is 0 Å². The Hall–Kier alpha value is -0.970. The van der Waals surface area contributed by atoms with Crippen LogP contribution in [-0.2, 0) is 0 Å². The fourth-order valence-corrected chi connectivity index (χ4v) is 2.64. The molecule has 0 amide bonds. The largest absolute Gasteiger partial charge is 0.314 e. The first-order valence-electron chi connectivity index (χ1n) is 6.47. The van der Waals surface area contributed by atoms with Crippen LogP contribution in [0.5, 0.6) is 0 Å². The molecule has 1 fully saturated rings. The third-order valence-corrected chi connectivity index (χ3v) is 3.80. The smallest absolute Gasteiger partial charge is 0.126 e. The second-order valence-corrected chi connectivity index (χ2v) is 5.03. The molecule has 2 N–H and O–H groups in total. The molecule has 0 spiro atoms. The standard InChI is InChI=1S/C14H22FN3/c1-10-8-11(4-5-12(10)15)14(16-2)13-9-17-6-7-18(13)3/h4-5,8,13-14,16-17H,6-7,9H2,1-3H3. The third kappa shape index (κ3) is 2.71. The molecule has 0 aliphatic carbocycles. The summed E-state index contributed by atoms with van der Waals surface area (Å²) in [5.41, 5.74) is 1.86. The van der Waals surface area contributed by atoms with Gasteiger partial charge in [0.15, 0.2) is 0 Å². The average Bonchev–Trinajstić information content (AvgIpc) is 2.37. The lowest BCUT2D eigenvalue weighted by atomic mass is 9.95. The van der Waals surface area contributed by atoms with Gasteiger partial charge < -0.3 is 10.6 Å². The van der Waals surface area contributed by atoms with Crippen LogP contribution in [0, 0.1) is 12.7 Å². The van der Waals surface area contributed by atoms with Crippen molar-refractivity contribution in [2.75, 3.05) is 33.7 Å². The van der Waals surface area contributed by atoms with Crippen LogP contribution >= 0.6 is 0 Å². The monoisotopic (exact) mass is 251 g/mol. The van der Waals surface area contributed by atoms with Gasteiger partial charge in [0.1, 0.15) is 5.82 Å². The first-order chi connectivity index (χ1) is 8.63. The maximum atomic E-state index is 13.3. The number of nitrogens with zero attached hydrogens (tertiary/aromatic N) is 1. The number of aryl methyl sites for hydroxylation is 1. The zero-order chi connectivity index (χ0) is 13.1. The van der Waals surface area contributed by atoms with Crippen molar-refractivity contribution in [3.05, 3.63) is 35.1 Å². The number of hydrogen-bond acceptors (Lipinski definition) is 3. The zero-order valence-electron chi connectivity index (χ0n) is 11.3. The second-order valence-electron chi connectivity index (χ2n) is 5.03. The summed E-state index contributed by atoms with van der Waals surface area (Å²) in [5.74, 6) is -0.135. The van der Waals surface area contributed by atoms with E-state index in [0.717, 1.165) is 25.2 Å². The highest BCUT2D eigenvalue weighted by atomic mass is 19.1. The summed E-state index contributed by atoms with van der Waals surface area (Å²) in [7, 11) is 4.11. The summed E-state index contributed by atoms with van der Waals surface area (Å²) >= 11 is 0. The molecule has 2 atom stereocenters. The van der Waals surface area contributed by atoms with Gasteiger partial charge in [-0.2, -0.15) is 0 Å². The molecule has 0 aromatic heterocycles. The fourth-order valence-electron chi connectivity index (χ4n) is 2.64. The number of benzene rings is 1. The van der Waals surface area contributed by atoms with E-state index in [1.54, 1.807) is 6.07 Å². The Morgan fingerprint density at radius 3 is 2.89 bits per heavy atom. The molecule has 1 heterocycles. The highest BCUT2D eigenvalue weighted by Gasteiger charge is 2.27. The maximum absolute atomic E-state index is 13.3. The Kier molecular flexibility index (Phi) is 4.32. The quantitative estimate of drug-likeness (QED) is 0.848. The lowest BCUT2D eigenvalue weighted by Gasteiger charge is -2.38. The molecule has 1 aromatic carbocycles. The van der Waals surface area contributed by atoms with Crippen LogP contribution in [0.2, 0.25) is 0 Å². The molecule has 1 saturated heterocycles. The molecule has 2 rings (SSSR count). The Bertz CT molecular complexity index is 408. The zero-order valence-corrected chi connectivity index (χ0v) is 11.3. The van der Waals surface area contributed by atoms with Gasteiger partial charge in [0.05, 0.1) is 0 Å². The van der Waals surface area contributed by atoms with E-state index in [0.29, 0.717) is 11.6 Å². The minimum absolute atomic E-state index is 0.135. The molecule has 18 heavy (non-hydrogen) atoms. The summed E-state index contributed by atoms with van der Waals surface area (Å²) in [5, 5.41) is 6.78. The van der Waals surface area contributed by atoms with Crippen LogP contribution in [0.3, 0.4) is 0 Å². The molecule has 0 saturated carbocycles. The first kappa shape index (κ1) is 13.5. The Morgan fingerprint density at radius 2 is 2.28 bits per heavy atom. The Labute approximate surface area is 108 Å². The topological polar surface area (TPSA) is 27.3 Å². The summed E-state index contributed by atoms with van der Waals surface area (Å²) in [4.78, 5) is 2.36. The van der Waals surface area contributed by atoms with Crippen LogP contribution < -0.4 is 10.6 Å². The molecule has 1 aromatic rings. The number of halogens is 1. The van der Waals surface area contributed by atoms with Crippen LogP contribution in [0.4, 0.5) is 4.39 Å². The van der Waals surface area contributed by atoms with Crippen LogP contribution in [0.15, 0.2) is 18.2 Å². The van der Waals surface area contributed by atoms with Gasteiger partial charge in [-0.3, -0.25) is 4.90 Å². The van der Waals surface area contributed by atoms with Crippen LogP contribution in [-0.4, -0.2) is 44.7 Å². The number of piperazine rings is 1. The van der Waals surface area contributed by atoms with Crippen molar-refractivity contribution in [3.8, 4) is 0 Å². The molecule has 2 unspecified atom stereocenters. The molecule has 1 aliphatic heterocycles. The first-order valence-corrected chi connectivity index (χ1v) is 6.47. The van der Waals surface area contributed by atoms with Crippen LogP contribution in [0.25, 0.3) is 0 Å². The highest BCUT2D eigenvalue weighted by Crippen LogP contribution is 2.23. The van der Waals surface area contributed by atoms with Gasteiger partial charge in [0.25, 0.3) is 0 Å². The van der Waals surface area contributed by atoms with Gasteiger partial charge in [0.2, 0.25) is 0 Å². The van der Waals surface area contributed by atoms with Crippen molar-refractivity contribution in [2.24, 2.45) is 0 Å². The minimum atomic E-state index is -0.135. The fraction of sp³-hybridized carbons (Fsp3) is 0.571. The SMILES string of the molecule is CNC(c1ccc(F)c(C)c1)C1CNCCN1C. The van der Waals surface area contributed by atoms with E-state index >= 15 is 0 Å². The van der Waals surface area contributed by atoms with Gasteiger partial charge >= 0.3 is 0 Å². The lowest BCUT2D eigenvalue weighted by molar-refractivity contribution is 0.162. The summed E-state index contributed by atoms with van der Waals surface area (Å²) in [6.45, 7) is 4.85. The number of rotatable bonds is 3. The minimum Gasteiger partial charge on any atom is -0.314 e. The molecule has 0 bridgehead atoms. The second kappa shape index (κ2) is 5.78. The molecule has 4 heteroatoms. The average molecular weight is 251 g/mol. The molecular weight excluding hydrogens is 229 g/mol. The summed E-state index contributed by atoms with van der Waals surface area (Å²) < 4.78 is 13.3. The summed E-state index contributed by atoms with van der Waals surface area (Å²) in [6.07, 6.45) is 0. The predicted octanol–water partition coefficient (Wildman–Crippen LogP) is 1.30. The summed E-state index contributed by atoms with van der Waals surface area (Å²) in [6, 6.07) is 6.01. The molecular formula is C14H22FN3. The van der Waals surface area contributed by atoms with E-state index in [1.807, 2.05) is 26.1 Å². The van der Waals surface area contributed by atoms with Crippen molar-refractivity contribution < 1.29 is 4.39 Å². The van der Waals surface area contributed by atoms with Gasteiger partial charge in [-0.25, -0.2) is 4.39 Å². The maximum Gasteiger partial charge on any atom is 0.126 e. The van der Waals surface area contributed by atoms with E-state index in [2.05, 4.69) is 22.6 Å². The van der Waals surface area contributed by atoms with E-state index in [1.165, 1.54) is 0 Å². The van der Waals surface area contributed by atoms with Crippen molar-refractivity contribution >= 4 is 0 Å². The molecule has 100 valence electrons. The molecule has 1 aliphatic rings.